The molecule has 0 saturated heterocycles. The Hall–Kier alpha value is -1.14. The summed E-state index contributed by atoms with van der Waals surface area (Å²) in [6, 6.07) is 0. The molecule has 1 aliphatic rings. The van der Waals surface area contributed by atoms with Gasteiger partial charge in [-0.1, -0.05) is 0 Å². The number of aryl methyl sites for hydroxylation is 1. The molecule has 0 radical (unpaired) electrons. The van der Waals surface area contributed by atoms with Crippen LogP contribution in [0, 0.1) is 0 Å². The zero-order valence-corrected chi connectivity index (χ0v) is 11.6. The first-order chi connectivity index (χ1) is 8.58. The van der Waals surface area contributed by atoms with Crippen LogP contribution in [0.5, 0.6) is 0 Å². The maximum absolute atomic E-state index is 11.2. The molecule has 2 rings (SSSR count). The third-order valence-electron chi connectivity index (χ3n) is 3.09. The van der Waals surface area contributed by atoms with E-state index in [0.717, 1.165) is 41.6 Å². The molecule has 1 heterocycles. The molecule has 0 saturated carbocycles. The Balaban J connectivity index is 2.05. The van der Waals surface area contributed by atoms with E-state index in [1.807, 2.05) is 14.1 Å². The molecule has 18 heavy (non-hydrogen) atoms. The van der Waals surface area contributed by atoms with Crippen molar-refractivity contribution >= 4 is 22.4 Å². The smallest absolute Gasteiger partial charge is 0.312 e. The number of nitrogens with zero attached hydrogens (tertiary/aromatic N) is 2. The quantitative estimate of drug-likeness (QED) is 0.850. The molecular weight excluding hydrogens is 250 g/mol. The van der Waals surface area contributed by atoms with E-state index in [-0.39, 0.29) is 0 Å². The van der Waals surface area contributed by atoms with E-state index in [2.05, 4.69) is 15.2 Å². The summed E-state index contributed by atoms with van der Waals surface area (Å²) in [7, 11) is 4.05. The number of rotatable bonds is 5. The van der Waals surface area contributed by atoms with Crippen molar-refractivity contribution in [3.05, 3.63) is 10.6 Å². The largest absolute Gasteiger partial charge is 0.481 e. The Labute approximate surface area is 111 Å². The van der Waals surface area contributed by atoms with E-state index >= 15 is 0 Å². The van der Waals surface area contributed by atoms with Crippen LogP contribution in [0.15, 0.2) is 0 Å². The number of nitrogens with one attached hydrogen (secondary N) is 1. The van der Waals surface area contributed by atoms with Crippen LogP contribution in [0.3, 0.4) is 0 Å². The molecule has 0 fully saturated rings. The first-order valence-corrected chi connectivity index (χ1v) is 7.00. The summed E-state index contributed by atoms with van der Waals surface area (Å²) in [6.45, 7) is 1.77. The lowest BCUT2D eigenvalue weighted by Crippen LogP contribution is -2.21. The minimum Gasteiger partial charge on any atom is -0.481 e. The van der Waals surface area contributed by atoms with Crippen molar-refractivity contribution in [3.8, 4) is 0 Å². The number of carboxylic acid groups (broad SMARTS) is 1. The molecule has 1 unspecified atom stereocenters. The summed E-state index contributed by atoms with van der Waals surface area (Å²) < 4.78 is 0. The number of aromatic nitrogens is 1. The maximum atomic E-state index is 11.2. The number of thiazole rings is 1. The normalized spacial score (nSPS) is 18.7. The van der Waals surface area contributed by atoms with Gasteiger partial charge in [0.15, 0.2) is 5.13 Å². The molecule has 2 N–H and O–H groups in total. The highest BCUT2D eigenvalue weighted by molar-refractivity contribution is 7.15. The molecule has 6 heteroatoms. The lowest BCUT2D eigenvalue weighted by molar-refractivity contribution is -0.139. The zero-order chi connectivity index (χ0) is 13.1. The highest BCUT2D eigenvalue weighted by Crippen LogP contribution is 2.36. The third-order valence-corrected chi connectivity index (χ3v) is 4.18. The van der Waals surface area contributed by atoms with Gasteiger partial charge in [-0.25, -0.2) is 4.98 Å². The number of hydrogen-bond donors (Lipinski definition) is 2. The van der Waals surface area contributed by atoms with E-state index in [1.54, 1.807) is 11.3 Å². The molecule has 0 aliphatic heterocycles. The summed E-state index contributed by atoms with van der Waals surface area (Å²) >= 11 is 1.60. The van der Waals surface area contributed by atoms with Crippen LogP contribution in [-0.2, 0) is 11.2 Å². The van der Waals surface area contributed by atoms with Crippen molar-refractivity contribution in [1.29, 1.82) is 0 Å². The van der Waals surface area contributed by atoms with E-state index in [1.165, 1.54) is 0 Å². The lowest BCUT2D eigenvalue weighted by atomic mass is 9.91. The Morgan fingerprint density at radius 1 is 1.61 bits per heavy atom. The predicted octanol–water partition coefficient (Wildman–Crippen LogP) is 1.62. The van der Waals surface area contributed by atoms with Crippen LogP contribution in [-0.4, -0.2) is 48.1 Å². The summed E-state index contributed by atoms with van der Waals surface area (Å²) in [4.78, 5) is 18.9. The number of carboxylic acids is 1. The standard InChI is InChI=1S/C12H19N3O2S/c1-15(2)7-6-13-12-14-10-8(11(16)17)4-3-5-9(10)18-12/h8H,3-7H2,1-2H3,(H,13,14)(H,16,17). The monoisotopic (exact) mass is 269 g/mol. The van der Waals surface area contributed by atoms with Gasteiger partial charge in [-0.3, -0.25) is 4.79 Å². The van der Waals surface area contributed by atoms with Gasteiger partial charge in [0.05, 0.1) is 5.69 Å². The second-order valence-electron chi connectivity index (χ2n) is 4.84. The summed E-state index contributed by atoms with van der Waals surface area (Å²) in [5.41, 5.74) is 0.783. The first kappa shape index (κ1) is 13.3. The summed E-state index contributed by atoms with van der Waals surface area (Å²) in [5.74, 6) is -1.16. The number of anilines is 1. The van der Waals surface area contributed by atoms with Gasteiger partial charge < -0.3 is 15.3 Å². The van der Waals surface area contributed by atoms with Crippen LogP contribution in [0.2, 0.25) is 0 Å². The zero-order valence-electron chi connectivity index (χ0n) is 10.8. The molecule has 1 atom stereocenters. The Bertz CT molecular complexity index is 431. The van der Waals surface area contributed by atoms with E-state index < -0.39 is 11.9 Å². The fraction of sp³-hybridized carbons (Fsp3) is 0.667. The predicted molar refractivity (Wildman–Crippen MR) is 72.5 cm³/mol. The molecule has 1 aliphatic carbocycles. The molecule has 5 nitrogen and oxygen atoms in total. The molecule has 1 aromatic rings. The molecule has 100 valence electrons. The highest BCUT2D eigenvalue weighted by Gasteiger charge is 2.29. The van der Waals surface area contributed by atoms with Crippen molar-refractivity contribution in [2.75, 3.05) is 32.5 Å². The number of hydrogen-bond acceptors (Lipinski definition) is 5. The van der Waals surface area contributed by atoms with Crippen molar-refractivity contribution < 1.29 is 9.90 Å². The van der Waals surface area contributed by atoms with Crippen LogP contribution < -0.4 is 5.32 Å². The first-order valence-electron chi connectivity index (χ1n) is 6.19. The molecule has 0 aromatic carbocycles. The Morgan fingerprint density at radius 2 is 2.39 bits per heavy atom. The van der Waals surface area contributed by atoms with Gasteiger partial charge in [-0.15, -0.1) is 11.3 Å². The van der Waals surface area contributed by atoms with Crippen LogP contribution >= 0.6 is 11.3 Å². The van der Waals surface area contributed by atoms with Gasteiger partial charge in [-0.2, -0.15) is 0 Å². The number of likely N-dealkylation sites (N-methyl/N-ethyl adjacent to an activating group) is 1. The second kappa shape index (κ2) is 5.67. The van der Waals surface area contributed by atoms with Crippen LogP contribution in [0.25, 0.3) is 0 Å². The van der Waals surface area contributed by atoms with Crippen LogP contribution in [0.4, 0.5) is 5.13 Å². The highest BCUT2D eigenvalue weighted by atomic mass is 32.1. The average Bonchev–Trinajstić information content (AvgIpc) is 2.70. The molecule has 0 amide bonds. The van der Waals surface area contributed by atoms with Crippen molar-refractivity contribution in [2.24, 2.45) is 0 Å². The van der Waals surface area contributed by atoms with Crippen molar-refractivity contribution in [3.63, 3.8) is 0 Å². The van der Waals surface area contributed by atoms with E-state index in [0.29, 0.717) is 6.42 Å². The number of aliphatic carboxylic acids is 1. The van der Waals surface area contributed by atoms with Gasteiger partial charge in [-0.05, 0) is 33.4 Å². The molecule has 1 aromatic heterocycles. The van der Waals surface area contributed by atoms with Gasteiger partial charge in [0.1, 0.15) is 5.92 Å². The van der Waals surface area contributed by atoms with E-state index in [9.17, 15) is 9.90 Å². The second-order valence-corrected chi connectivity index (χ2v) is 5.92. The lowest BCUT2D eigenvalue weighted by Gasteiger charge is -2.16. The minimum absolute atomic E-state index is 0.408. The Kier molecular flexibility index (Phi) is 4.19. The molecule has 0 spiro atoms. The average molecular weight is 269 g/mol. The van der Waals surface area contributed by atoms with Gasteiger partial charge in [0.25, 0.3) is 0 Å². The van der Waals surface area contributed by atoms with E-state index in [4.69, 9.17) is 0 Å². The van der Waals surface area contributed by atoms with Gasteiger partial charge in [0, 0.05) is 18.0 Å². The van der Waals surface area contributed by atoms with Crippen molar-refractivity contribution in [2.45, 2.75) is 25.2 Å². The summed E-state index contributed by atoms with van der Waals surface area (Å²) in [6.07, 6.45) is 2.62. The maximum Gasteiger partial charge on any atom is 0.312 e. The fourth-order valence-electron chi connectivity index (χ4n) is 2.12. The van der Waals surface area contributed by atoms with Gasteiger partial charge >= 0.3 is 5.97 Å². The number of fused-ring (bicyclic) bond motifs is 1. The SMILES string of the molecule is CN(C)CCNc1nc2c(s1)CCCC2C(=O)O. The molecular formula is C12H19N3O2S. The third kappa shape index (κ3) is 3.00. The van der Waals surface area contributed by atoms with Gasteiger partial charge in [0.2, 0.25) is 0 Å². The molecule has 0 bridgehead atoms. The minimum atomic E-state index is -0.749. The fourth-order valence-corrected chi connectivity index (χ4v) is 3.21. The summed E-state index contributed by atoms with van der Waals surface area (Å²) in [5, 5.41) is 13.3. The topological polar surface area (TPSA) is 65.5 Å². The Morgan fingerprint density at radius 3 is 3.06 bits per heavy atom. The number of carbonyl (C=O) groups is 1. The van der Waals surface area contributed by atoms with Crippen molar-refractivity contribution in [1.82, 2.24) is 9.88 Å². The van der Waals surface area contributed by atoms with Crippen LogP contribution in [0.1, 0.15) is 29.3 Å².